The molecule has 0 spiro atoms. The van der Waals surface area contributed by atoms with Crippen LogP contribution in [0.15, 0.2) is 60.7 Å². The Morgan fingerprint density at radius 1 is 1.00 bits per heavy atom. The number of benzene rings is 3. The molecule has 5 rings (SSSR count). The second kappa shape index (κ2) is 12.3. The second-order valence-corrected chi connectivity index (χ2v) is 11.0. The van der Waals surface area contributed by atoms with Crippen LogP contribution >= 0.6 is 11.6 Å². The summed E-state index contributed by atoms with van der Waals surface area (Å²) in [5, 5.41) is 0.561. The summed E-state index contributed by atoms with van der Waals surface area (Å²) in [5.41, 5.74) is 4.78. The quantitative estimate of drug-likeness (QED) is 0.363. The monoisotopic (exact) mass is 562 g/mol. The van der Waals surface area contributed by atoms with E-state index in [1.807, 2.05) is 59.5 Å². The average Bonchev–Trinajstić information content (AvgIpc) is 2.99. The molecule has 3 aromatic rings. The van der Waals surface area contributed by atoms with Gasteiger partial charge in [0.15, 0.2) is 0 Å². The van der Waals surface area contributed by atoms with Gasteiger partial charge in [0.25, 0.3) is 5.91 Å². The molecule has 40 heavy (non-hydrogen) atoms. The highest BCUT2D eigenvalue weighted by molar-refractivity contribution is 6.32. The Hall–Kier alpha value is -3.55. The number of carbonyl (C=O) groups is 2. The van der Waals surface area contributed by atoms with Gasteiger partial charge in [0.2, 0.25) is 12.2 Å². The van der Waals surface area contributed by atoms with E-state index < -0.39 is 0 Å². The first-order chi connectivity index (χ1) is 19.3. The zero-order chi connectivity index (χ0) is 28.2. The van der Waals surface area contributed by atoms with Crippen molar-refractivity contribution in [3.8, 4) is 22.6 Å². The van der Waals surface area contributed by atoms with E-state index in [0.29, 0.717) is 48.9 Å². The van der Waals surface area contributed by atoms with Gasteiger partial charge in [-0.05, 0) is 72.4 Å². The first-order valence-corrected chi connectivity index (χ1v) is 14.0. The molecule has 0 radical (unpaired) electrons. The van der Waals surface area contributed by atoms with Crippen molar-refractivity contribution in [3.05, 3.63) is 82.4 Å². The molecule has 2 aliphatic rings. The van der Waals surface area contributed by atoms with Gasteiger partial charge in [0.05, 0.1) is 18.7 Å². The van der Waals surface area contributed by atoms with Crippen molar-refractivity contribution in [2.75, 3.05) is 34.3 Å². The summed E-state index contributed by atoms with van der Waals surface area (Å²) >= 11 is 6.22. The largest absolute Gasteiger partial charge is 0.495 e. The summed E-state index contributed by atoms with van der Waals surface area (Å²) in [6, 6.07) is 19.4. The maximum absolute atomic E-state index is 12.8. The Labute approximate surface area is 240 Å². The highest BCUT2D eigenvalue weighted by Crippen LogP contribution is 2.35. The standard InChI is InChI=1S/C32H35ClN2O5/c1-34(2)31(37)23-8-6-22(7-9-23)25-10-12-28-26(19-25)20-39-32(40-28)24-14-16-35(17-15-24)30(36)13-5-21-4-11-29(38-3)27(33)18-21/h4,6-12,18-19,24,32H,5,13-17,20H2,1-3H3. The van der Waals surface area contributed by atoms with E-state index in [1.165, 1.54) is 0 Å². The molecule has 2 aliphatic heterocycles. The molecule has 0 bridgehead atoms. The molecular formula is C32H35ClN2O5. The van der Waals surface area contributed by atoms with Crippen LogP contribution in [-0.2, 0) is 22.6 Å². The van der Waals surface area contributed by atoms with Crippen LogP contribution in [0.5, 0.6) is 11.5 Å². The number of fused-ring (bicyclic) bond motifs is 1. The maximum atomic E-state index is 12.8. The Bertz CT molecular complexity index is 1370. The summed E-state index contributed by atoms with van der Waals surface area (Å²) in [5.74, 6) is 1.86. The van der Waals surface area contributed by atoms with E-state index in [4.69, 9.17) is 25.8 Å². The Kier molecular flexibility index (Phi) is 8.62. The number of carbonyl (C=O) groups excluding carboxylic acids is 2. The van der Waals surface area contributed by atoms with Crippen molar-refractivity contribution in [1.29, 1.82) is 0 Å². The molecule has 0 N–H and O–H groups in total. The van der Waals surface area contributed by atoms with Crippen LogP contribution in [0, 0.1) is 5.92 Å². The molecule has 7 nitrogen and oxygen atoms in total. The van der Waals surface area contributed by atoms with E-state index in [9.17, 15) is 9.59 Å². The third kappa shape index (κ3) is 6.26. The fourth-order valence-corrected chi connectivity index (χ4v) is 5.59. The molecule has 8 heteroatoms. The zero-order valence-corrected chi connectivity index (χ0v) is 23.9. The van der Waals surface area contributed by atoms with Gasteiger partial charge < -0.3 is 24.0 Å². The number of nitrogens with zero attached hydrogens (tertiary/aromatic N) is 2. The average molecular weight is 563 g/mol. The number of amides is 2. The van der Waals surface area contributed by atoms with E-state index >= 15 is 0 Å². The molecule has 1 unspecified atom stereocenters. The summed E-state index contributed by atoms with van der Waals surface area (Å²) in [6.45, 7) is 1.89. The molecule has 1 saturated heterocycles. The Morgan fingerprint density at radius 2 is 1.73 bits per heavy atom. The van der Waals surface area contributed by atoms with Crippen LogP contribution in [0.1, 0.15) is 40.7 Å². The highest BCUT2D eigenvalue weighted by atomic mass is 35.5. The van der Waals surface area contributed by atoms with Crippen LogP contribution in [-0.4, -0.2) is 62.2 Å². The minimum atomic E-state index is -0.312. The summed E-state index contributed by atoms with van der Waals surface area (Å²) in [7, 11) is 5.08. The maximum Gasteiger partial charge on any atom is 0.253 e. The van der Waals surface area contributed by atoms with Gasteiger partial charge in [0.1, 0.15) is 11.5 Å². The number of piperidine rings is 1. The van der Waals surface area contributed by atoms with Gasteiger partial charge >= 0.3 is 0 Å². The van der Waals surface area contributed by atoms with Crippen LogP contribution in [0.2, 0.25) is 5.02 Å². The van der Waals surface area contributed by atoms with Crippen molar-refractivity contribution in [3.63, 3.8) is 0 Å². The van der Waals surface area contributed by atoms with Crippen molar-refractivity contribution < 1.29 is 23.8 Å². The minimum absolute atomic E-state index is 0.0149. The van der Waals surface area contributed by atoms with Crippen molar-refractivity contribution in [2.45, 2.75) is 38.6 Å². The number of rotatable bonds is 7. The van der Waals surface area contributed by atoms with Crippen LogP contribution < -0.4 is 9.47 Å². The summed E-state index contributed by atoms with van der Waals surface area (Å²) in [6.07, 6.45) is 2.48. The van der Waals surface area contributed by atoms with E-state index in [0.717, 1.165) is 40.8 Å². The fraction of sp³-hybridized carbons (Fsp3) is 0.375. The number of methoxy groups -OCH3 is 1. The predicted octanol–water partition coefficient (Wildman–Crippen LogP) is 5.82. The molecule has 0 aromatic heterocycles. The van der Waals surface area contributed by atoms with Crippen LogP contribution in [0.4, 0.5) is 0 Å². The van der Waals surface area contributed by atoms with Crippen LogP contribution in [0.25, 0.3) is 11.1 Å². The molecule has 0 saturated carbocycles. The zero-order valence-electron chi connectivity index (χ0n) is 23.2. The molecule has 1 atom stereocenters. The lowest BCUT2D eigenvalue weighted by molar-refractivity contribution is -0.154. The first-order valence-electron chi connectivity index (χ1n) is 13.7. The number of hydrogen-bond acceptors (Lipinski definition) is 5. The molecule has 1 fully saturated rings. The van der Waals surface area contributed by atoms with Gasteiger partial charge in [-0.25, -0.2) is 0 Å². The van der Waals surface area contributed by atoms with Crippen molar-refractivity contribution in [2.24, 2.45) is 5.92 Å². The third-order valence-corrected chi connectivity index (χ3v) is 7.99. The SMILES string of the molecule is COc1ccc(CCC(=O)N2CCC(C3OCc4cc(-c5ccc(C(=O)N(C)C)cc5)ccc4O3)CC2)cc1Cl. The molecule has 0 aliphatic carbocycles. The normalized spacial score (nSPS) is 17.1. The summed E-state index contributed by atoms with van der Waals surface area (Å²) in [4.78, 5) is 28.5. The number of halogens is 1. The third-order valence-electron chi connectivity index (χ3n) is 7.70. The van der Waals surface area contributed by atoms with E-state index in [-0.39, 0.29) is 24.0 Å². The lowest BCUT2D eigenvalue weighted by Crippen LogP contribution is -2.44. The summed E-state index contributed by atoms with van der Waals surface area (Å²) < 4.78 is 17.6. The highest BCUT2D eigenvalue weighted by Gasteiger charge is 2.33. The minimum Gasteiger partial charge on any atom is -0.495 e. The lowest BCUT2D eigenvalue weighted by atomic mass is 9.94. The number of hydrogen-bond donors (Lipinski definition) is 0. The number of aryl methyl sites for hydroxylation is 1. The molecule has 2 amide bonds. The van der Waals surface area contributed by atoms with Gasteiger partial charge in [-0.1, -0.05) is 35.9 Å². The van der Waals surface area contributed by atoms with E-state index in [1.54, 1.807) is 26.1 Å². The van der Waals surface area contributed by atoms with Crippen molar-refractivity contribution in [1.82, 2.24) is 9.80 Å². The lowest BCUT2D eigenvalue weighted by Gasteiger charge is -2.37. The fourth-order valence-electron chi connectivity index (χ4n) is 5.31. The van der Waals surface area contributed by atoms with Gasteiger partial charge in [0, 0.05) is 50.7 Å². The van der Waals surface area contributed by atoms with Gasteiger partial charge in [-0.15, -0.1) is 0 Å². The van der Waals surface area contributed by atoms with Gasteiger partial charge in [-0.3, -0.25) is 9.59 Å². The number of ether oxygens (including phenoxy) is 3. The van der Waals surface area contributed by atoms with Crippen molar-refractivity contribution >= 4 is 23.4 Å². The van der Waals surface area contributed by atoms with Gasteiger partial charge in [-0.2, -0.15) is 0 Å². The van der Waals surface area contributed by atoms with E-state index in [2.05, 4.69) is 6.07 Å². The second-order valence-electron chi connectivity index (χ2n) is 10.6. The number of likely N-dealkylation sites (tertiary alicyclic amines) is 1. The first kappa shape index (κ1) is 28.0. The Morgan fingerprint density at radius 3 is 2.40 bits per heavy atom. The molecule has 2 heterocycles. The predicted molar refractivity (Wildman–Crippen MR) is 155 cm³/mol. The van der Waals surface area contributed by atoms with Crippen LogP contribution in [0.3, 0.4) is 0 Å². The molecular weight excluding hydrogens is 528 g/mol. The topological polar surface area (TPSA) is 68.3 Å². The Balaban J connectivity index is 1.12. The smallest absolute Gasteiger partial charge is 0.253 e. The molecule has 3 aromatic carbocycles. The molecule has 210 valence electrons.